The van der Waals surface area contributed by atoms with Gasteiger partial charge >= 0.3 is 11.9 Å². The summed E-state index contributed by atoms with van der Waals surface area (Å²) in [6, 6.07) is 12.9. The second kappa shape index (κ2) is 11.2. The van der Waals surface area contributed by atoms with Crippen molar-refractivity contribution < 1.29 is 32.8 Å². The molecule has 7 nitrogen and oxygen atoms in total. The fourth-order valence-electron chi connectivity index (χ4n) is 2.97. The van der Waals surface area contributed by atoms with E-state index < -0.39 is 45.3 Å². The van der Waals surface area contributed by atoms with E-state index in [0.29, 0.717) is 12.1 Å². The molecular formula is C21H27O7PS. The van der Waals surface area contributed by atoms with Gasteiger partial charge in [0.2, 0.25) is 0 Å². The number of carboxylic acids is 2. The number of hydrogen-bond acceptors (Lipinski definition) is 5. The molecule has 0 aliphatic heterocycles. The Morgan fingerprint density at radius 2 is 1.30 bits per heavy atom. The van der Waals surface area contributed by atoms with Gasteiger partial charge in [0.15, 0.2) is 0 Å². The normalized spacial score (nSPS) is 11.3. The Morgan fingerprint density at radius 3 is 1.63 bits per heavy atom. The molecule has 0 bridgehead atoms. The largest absolute Gasteiger partial charge is 0.744 e. The van der Waals surface area contributed by atoms with Crippen molar-refractivity contribution in [2.24, 2.45) is 0 Å². The van der Waals surface area contributed by atoms with Crippen LogP contribution in [-0.4, -0.2) is 53.6 Å². The highest BCUT2D eigenvalue weighted by Crippen LogP contribution is 2.60. The smallest absolute Gasteiger partial charge is 0.335 e. The third-order valence-electron chi connectivity index (χ3n) is 5.06. The van der Waals surface area contributed by atoms with E-state index in [-0.39, 0.29) is 0 Å². The Hall–Kier alpha value is -2.28. The van der Waals surface area contributed by atoms with Gasteiger partial charge in [0.25, 0.3) is 0 Å². The van der Waals surface area contributed by atoms with Crippen LogP contribution in [-0.2, 0) is 16.3 Å². The van der Waals surface area contributed by atoms with Gasteiger partial charge in [-0.05, 0) is 44.5 Å². The van der Waals surface area contributed by atoms with Crippen LogP contribution in [0.1, 0.15) is 47.1 Å². The molecule has 0 saturated carbocycles. The van der Waals surface area contributed by atoms with E-state index in [1.807, 2.05) is 0 Å². The first-order valence-electron chi connectivity index (χ1n) is 9.44. The van der Waals surface area contributed by atoms with E-state index in [2.05, 4.69) is 51.1 Å². The quantitative estimate of drug-likeness (QED) is 0.450. The Balaban J connectivity index is 0.000000303. The summed E-state index contributed by atoms with van der Waals surface area (Å²) in [5.74, 6) is -3.04. The molecule has 2 aromatic carbocycles. The molecule has 2 N–H and O–H groups in total. The molecule has 0 spiro atoms. The number of carbonyl (C=O) groups is 2. The minimum atomic E-state index is -4.89. The van der Waals surface area contributed by atoms with E-state index in [1.54, 1.807) is 0 Å². The van der Waals surface area contributed by atoms with Gasteiger partial charge in [0, 0.05) is 7.26 Å². The lowest BCUT2D eigenvalue weighted by molar-refractivity contribution is 0.0696. The average molecular weight is 454 g/mol. The SMILES string of the molecule is CC[P+](CC)(CC)Cc1ccccc1.O=C(O)c1cc(C(=O)O)cc(S(=O)(=O)[O-])c1. The molecule has 30 heavy (non-hydrogen) atoms. The van der Waals surface area contributed by atoms with Crippen molar-refractivity contribution in [1.82, 2.24) is 0 Å². The molecule has 0 radical (unpaired) electrons. The van der Waals surface area contributed by atoms with Gasteiger partial charge in [-0.15, -0.1) is 0 Å². The van der Waals surface area contributed by atoms with E-state index in [0.717, 1.165) is 6.07 Å². The van der Waals surface area contributed by atoms with E-state index >= 15 is 0 Å². The monoisotopic (exact) mass is 454 g/mol. The zero-order valence-corrected chi connectivity index (χ0v) is 18.9. The molecule has 0 aliphatic rings. The van der Waals surface area contributed by atoms with Crippen molar-refractivity contribution in [2.45, 2.75) is 31.8 Å². The summed E-state index contributed by atoms with van der Waals surface area (Å²) < 4.78 is 31.9. The summed E-state index contributed by atoms with van der Waals surface area (Å²) in [7, 11) is -5.55. The third-order valence-corrected chi connectivity index (χ3v) is 10.9. The second-order valence-corrected chi connectivity index (χ2v) is 13.0. The van der Waals surface area contributed by atoms with E-state index in [9.17, 15) is 22.6 Å². The van der Waals surface area contributed by atoms with Gasteiger partial charge in [0.05, 0.1) is 40.7 Å². The highest BCUT2D eigenvalue weighted by atomic mass is 32.2. The highest BCUT2D eigenvalue weighted by molar-refractivity contribution is 7.85. The van der Waals surface area contributed by atoms with Gasteiger partial charge in [-0.3, -0.25) is 0 Å². The summed E-state index contributed by atoms with van der Waals surface area (Å²) >= 11 is 0. The average Bonchev–Trinajstić information content (AvgIpc) is 2.72. The van der Waals surface area contributed by atoms with Crippen molar-refractivity contribution >= 4 is 29.3 Å². The molecule has 0 heterocycles. The van der Waals surface area contributed by atoms with E-state index in [1.165, 1.54) is 30.2 Å². The van der Waals surface area contributed by atoms with Crippen molar-refractivity contribution in [3.8, 4) is 0 Å². The molecule has 0 fully saturated rings. The highest BCUT2D eigenvalue weighted by Gasteiger charge is 2.30. The first kappa shape index (κ1) is 25.8. The first-order chi connectivity index (χ1) is 14.0. The van der Waals surface area contributed by atoms with Crippen LogP contribution in [0.5, 0.6) is 0 Å². The van der Waals surface area contributed by atoms with Crippen LogP contribution >= 0.6 is 7.26 Å². The number of rotatable bonds is 8. The van der Waals surface area contributed by atoms with Crippen molar-refractivity contribution in [1.29, 1.82) is 0 Å². The topological polar surface area (TPSA) is 132 Å². The number of hydrogen-bond donors (Lipinski definition) is 2. The first-order valence-corrected chi connectivity index (χ1v) is 13.4. The summed E-state index contributed by atoms with van der Waals surface area (Å²) in [4.78, 5) is 20.2. The zero-order valence-electron chi connectivity index (χ0n) is 17.2. The van der Waals surface area contributed by atoms with Crippen molar-refractivity contribution in [3.05, 3.63) is 65.2 Å². The van der Waals surface area contributed by atoms with Crippen LogP contribution in [0.3, 0.4) is 0 Å². The lowest BCUT2D eigenvalue weighted by Crippen LogP contribution is -2.07. The Morgan fingerprint density at radius 1 is 0.867 bits per heavy atom. The molecule has 0 saturated heterocycles. The molecule has 0 amide bonds. The van der Waals surface area contributed by atoms with E-state index in [4.69, 9.17) is 10.2 Å². The summed E-state index contributed by atoms with van der Waals surface area (Å²) in [5, 5.41) is 17.2. The predicted octanol–water partition coefficient (Wildman–Crippen LogP) is 4.25. The van der Waals surface area contributed by atoms with Crippen LogP contribution < -0.4 is 0 Å². The molecule has 0 unspecified atom stereocenters. The van der Waals surface area contributed by atoms with Crippen LogP contribution in [0.2, 0.25) is 0 Å². The maximum atomic E-state index is 10.6. The fourth-order valence-corrected chi connectivity index (χ4v) is 6.51. The third kappa shape index (κ3) is 7.52. The lowest BCUT2D eigenvalue weighted by atomic mass is 10.1. The van der Waals surface area contributed by atoms with Crippen LogP contribution in [0.4, 0.5) is 0 Å². The minimum Gasteiger partial charge on any atom is -0.744 e. The molecule has 0 atom stereocenters. The molecular weight excluding hydrogens is 427 g/mol. The van der Waals surface area contributed by atoms with Gasteiger partial charge < -0.3 is 14.8 Å². The molecule has 2 aromatic rings. The fraction of sp³-hybridized carbons (Fsp3) is 0.333. The summed E-state index contributed by atoms with van der Waals surface area (Å²) in [5.41, 5.74) is 0.384. The number of benzene rings is 2. The standard InChI is InChI=1S/C13H22P.C8H6O7S/c1-4-14(5-2,6-3)12-13-10-8-7-9-11-13;9-7(10)4-1-5(8(11)12)3-6(2-4)16(13,14)15/h7-11H,4-6,12H2,1-3H3;1-3H,(H,9,10)(H,11,12)(H,13,14,15)/q+1;/p-1. The van der Waals surface area contributed by atoms with Crippen LogP contribution in [0, 0.1) is 0 Å². The van der Waals surface area contributed by atoms with Gasteiger partial charge in [-0.25, -0.2) is 18.0 Å². The number of carboxylic acid groups (broad SMARTS) is 2. The predicted molar refractivity (Wildman–Crippen MR) is 117 cm³/mol. The Labute approximate surface area is 177 Å². The molecule has 164 valence electrons. The van der Waals surface area contributed by atoms with Gasteiger partial charge in [-0.2, -0.15) is 0 Å². The molecule has 9 heteroatoms. The summed E-state index contributed by atoms with van der Waals surface area (Å²) in [6.45, 7) is 7.09. The van der Waals surface area contributed by atoms with Crippen LogP contribution in [0.25, 0.3) is 0 Å². The molecule has 0 aromatic heterocycles. The maximum absolute atomic E-state index is 10.6. The van der Waals surface area contributed by atoms with Crippen LogP contribution in [0.15, 0.2) is 53.4 Å². The maximum Gasteiger partial charge on any atom is 0.335 e. The lowest BCUT2D eigenvalue weighted by Gasteiger charge is -2.23. The second-order valence-electron chi connectivity index (χ2n) is 6.74. The van der Waals surface area contributed by atoms with Crippen molar-refractivity contribution in [3.63, 3.8) is 0 Å². The Kier molecular flexibility index (Phi) is 9.62. The summed E-state index contributed by atoms with van der Waals surface area (Å²) in [6.07, 6.45) is 5.54. The van der Waals surface area contributed by atoms with Crippen molar-refractivity contribution in [2.75, 3.05) is 18.5 Å². The zero-order chi connectivity index (χ0) is 22.9. The van der Waals surface area contributed by atoms with Gasteiger partial charge in [0.1, 0.15) is 10.1 Å². The van der Waals surface area contributed by atoms with Gasteiger partial charge in [-0.1, -0.05) is 30.3 Å². The minimum absolute atomic E-state index is 0.575. The Bertz CT molecular complexity index is 928. The molecule has 0 aliphatic carbocycles. The molecule has 2 rings (SSSR count). The number of aromatic carboxylic acids is 2.